The molecular weight excluding hydrogens is 582 g/mol. The minimum Gasteiger partial charge on any atom is -0.344 e. The Morgan fingerprint density at radius 2 is 1.68 bits per heavy atom. The number of aryl methyl sites for hydroxylation is 2. The van der Waals surface area contributed by atoms with Gasteiger partial charge in [-0.15, -0.1) is 0 Å². The van der Waals surface area contributed by atoms with Gasteiger partial charge in [0.05, 0.1) is 0 Å². The molecule has 256 valence electrons. The quantitative estimate of drug-likeness (QED) is 0.266. The zero-order valence-corrected chi connectivity index (χ0v) is 29.6. The molecule has 0 radical (unpaired) electrons. The Kier molecular flexibility index (Phi) is 16.7. The van der Waals surface area contributed by atoms with E-state index in [1.165, 1.54) is 43.6 Å². The van der Waals surface area contributed by atoms with Crippen LogP contribution in [-0.4, -0.2) is 98.0 Å². The van der Waals surface area contributed by atoms with E-state index in [1.54, 1.807) is 0 Å². The summed E-state index contributed by atoms with van der Waals surface area (Å²) in [7, 11) is 2.07. The second kappa shape index (κ2) is 20.7. The van der Waals surface area contributed by atoms with Crippen molar-refractivity contribution in [3.05, 3.63) is 107 Å². The normalized spacial score (nSPS) is 17.5. The van der Waals surface area contributed by atoms with Crippen molar-refractivity contribution in [1.29, 1.82) is 0 Å². The van der Waals surface area contributed by atoms with Crippen LogP contribution in [0.15, 0.2) is 90.6 Å². The van der Waals surface area contributed by atoms with E-state index in [2.05, 4.69) is 97.3 Å². The molecule has 2 aliphatic rings. The predicted molar refractivity (Wildman–Crippen MR) is 197 cm³/mol. The monoisotopic (exact) mass is 641 g/mol. The Morgan fingerprint density at radius 3 is 2.30 bits per heavy atom. The smallest absolute Gasteiger partial charge is 0.245 e. The fourth-order valence-corrected chi connectivity index (χ4v) is 6.05. The van der Waals surface area contributed by atoms with Crippen LogP contribution < -0.4 is 10.6 Å². The fourth-order valence-electron chi connectivity index (χ4n) is 6.05. The van der Waals surface area contributed by atoms with E-state index < -0.39 is 6.04 Å². The van der Waals surface area contributed by atoms with Gasteiger partial charge in [-0.1, -0.05) is 106 Å². The maximum absolute atomic E-state index is 13.4. The molecule has 47 heavy (non-hydrogen) atoms. The van der Waals surface area contributed by atoms with Crippen LogP contribution in [0.1, 0.15) is 56.7 Å². The molecule has 0 aromatic heterocycles. The molecule has 1 fully saturated rings. The lowest BCUT2D eigenvalue weighted by Crippen LogP contribution is -2.55. The molecule has 0 aliphatic carbocycles. The molecule has 4 rings (SSSR count). The van der Waals surface area contributed by atoms with Crippen LogP contribution in [0.25, 0.3) is 0 Å². The highest BCUT2D eigenvalue weighted by molar-refractivity contribution is 5.88. The van der Waals surface area contributed by atoms with Crippen LogP contribution >= 0.6 is 0 Å². The van der Waals surface area contributed by atoms with Gasteiger partial charge in [-0.05, 0) is 75.1 Å². The molecule has 0 bridgehead atoms. The van der Waals surface area contributed by atoms with Crippen LogP contribution in [0.4, 0.5) is 0 Å². The molecule has 1 saturated heterocycles. The summed E-state index contributed by atoms with van der Waals surface area (Å²) in [6, 6.07) is 18.3. The van der Waals surface area contributed by atoms with E-state index in [0.717, 1.165) is 36.2 Å². The lowest BCUT2D eigenvalue weighted by Gasteiger charge is -2.35. The van der Waals surface area contributed by atoms with Crippen molar-refractivity contribution in [3.8, 4) is 0 Å². The minimum atomic E-state index is -0.567. The summed E-state index contributed by atoms with van der Waals surface area (Å²) in [6.07, 6.45) is 10.3. The third-order valence-corrected chi connectivity index (χ3v) is 9.14. The van der Waals surface area contributed by atoms with E-state index in [0.29, 0.717) is 32.5 Å². The number of allylic oxidation sites excluding steroid dienone is 1. The highest BCUT2D eigenvalue weighted by atomic mass is 16.2. The van der Waals surface area contributed by atoms with Crippen LogP contribution in [0.3, 0.4) is 0 Å². The summed E-state index contributed by atoms with van der Waals surface area (Å²) >= 11 is 0. The predicted octanol–water partition coefficient (Wildman–Crippen LogP) is 5.57. The van der Waals surface area contributed by atoms with Crippen molar-refractivity contribution in [2.75, 3.05) is 59.4 Å². The van der Waals surface area contributed by atoms with Gasteiger partial charge in [-0.3, -0.25) is 9.59 Å². The molecule has 7 heteroatoms. The molecule has 7 nitrogen and oxygen atoms in total. The second-order valence-electron chi connectivity index (χ2n) is 12.7. The van der Waals surface area contributed by atoms with Gasteiger partial charge in [-0.2, -0.15) is 0 Å². The van der Waals surface area contributed by atoms with E-state index in [-0.39, 0.29) is 17.9 Å². The number of rotatable bonds is 15. The van der Waals surface area contributed by atoms with Crippen LogP contribution in [0.2, 0.25) is 0 Å². The number of piperazine rings is 1. The summed E-state index contributed by atoms with van der Waals surface area (Å²) in [5, 5.41) is 6.48. The number of benzene rings is 2. The van der Waals surface area contributed by atoms with Crippen LogP contribution in [0.5, 0.6) is 0 Å². The van der Waals surface area contributed by atoms with Crippen LogP contribution in [-0.2, 0) is 22.4 Å². The average molecular weight is 642 g/mol. The highest BCUT2D eigenvalue weighted by Crippen LogP contribution is 2.21. The summed E-state index contributed by atoms with van der Waals surface area (Å²) in [6.45, 7) is 19.9. The lowest BCUT2D eigenvalue weighted by atomic mass is 10.00. The summed E-state index contributed by atoms with van der Waals surface area (Å²) in [5.41, 5.74) is 5.92. The molecule has 2 atom stereocenters. The van der Waals surface area contributed by atoms with Gasteiger partial charge in [0.1, 0.15) is 6.04 Å². The topological polar surface area (TPSA) is 67.9 Å². The molecule has 2 amide bonds. The van der Waals surface area contributed by atoms with Crippen molar-refractivity contribution in [2.45, 2.75) is 71.9 Å². The highest BCUT2D eigenvalue weighted by Gasteiger charge is 2.30. The standard InChI is InChI=1S/C27H38N4O2.C13H21N/c1-5-7-8-23-22(6-2)19-28-24(23)18-26(32)29-25(17-21-11-9-20(3)10-12-21)27(33)31-15-13-30(4)14-16-31;1-3-14(4-2)12-8-11-13-9-6-5-7-10-13/h6-12,24-25,28H,2,5,13-19H2,1,3-4H3,(H,29,32);5-7,9-10H,3-4,8,11-12H2,1-2H3/b8-7-;. The first-order valence-corrected chi connectivity index (χ1v) is 17.6. The van der Waals surface area contributed by atoms with Crippen molar-refractivity contribution in [1.82, 2.24) is 25.3 Å². The van der Waals surface area contributed by atoms with Gasteiger partial charge in [0, 0.05) is 51.6 Å². The number of carbonyl (C=O) groups excluding carboxylic acids is 2. The first kappa shape index (κ1) is 37.9. The molecule has 2 aromatic carbocycles. The molecule has 2 N–H and O–H groups in total. The van der Waals surface area contributed by atoms with Crippen molar-refractivity contribution < 1.29 is 9.59 Å². The van der Waals surface area contributed by atoms with Crippen molar-refractivity contribution >= 4 is 11.8 Å². The Hall–Kier alpha value is -3.52. The Morgan fingerprint density at radius 1 is 1.00 bits per heavy atom. The zero-order valence-electron chi connectivity index (χ0n) is 29.6. The van der Waals surface area contributed by atoms with E-state index in [9.17, 15) is 9.59 Å². The summed E-state index contributed by atoms with van der Waals surface area (Å²) in [5.74, 6) is -0.107. The van der Waals surface area contributed by atoms with Gasteiger partial charge in [0.2, 0.25) is 11.8 Å². The third-order valence-electron chi connectivity index (χ3n) is 9.14. The number of likely N-dealkylation sites (N-methyl/N-ethyl adjacent to an activating group) is 1. The van der Waals surface area contributed by atoms with Crippen molar-refractivity contribution in [3.63, 3.8) is 0 Å². The molecule has 2 aromatic rings. The summed E-state index contributed by atoms with van der Waals surface area (Å²) in [4.78, 5) is 33.1. The van der Waals surface area contributed by atoms with Gasteiger partial charge >= 0.3 is 0 Å². The zero-order chi connectivity index (χ0) is 34.0. The average Bonchev–Trinajstić information content (AvgIpc) is 3.48. The number of nitrogens with one attached hydrogen (secondary N) is 2. The van der Waals surface area contributed by atoms with Crippen molar-refractivity contribution in [2.24, 2.45) is 0 Å². The molecule has 0 spiro atoms. The SMILES string of the molecule is C=CC1=C(/C=C\CC)C(CC(=O)NC(Cc2ccc(C)cc2)C(=O)N2CCN(C)CC2)NC1.CCN(CC)CCCc1ccccc1. The van der Waals surface area contributed by atoms with E-state index in [4.69, 9.17) is 0 Å². The number of amides is 2. The molecule has 2 unspecified atom stereocenters. The number of carbonyl (C=O) groups is 2. The Balaban J connectivity index is 0.000000358. The van der Waals surface area contributed by atoms with Gasteiger partial charge in [0.15, 0.2) is 0 Å². The van der Waals surface area contributed by atoms with Crippen LogP contribution in [0, 0.1) is 6.92 Å². The third kappa shape index (κ3) is 12.9. The molecule has 2 aliphatic heterocycles. The first-order valence-electron chi connectivity index (χ1n) is 17.6. The second-order valence-corrected chi connectivity index (χ2v) is 12.7. The minimum absolute atomic E-state index is 0.00447. The Bertz CT molecular complexity index is 1290. The van der Waals surface area contributed by atoms with Gasteiger partial charge in [0.25, 0.3) is 0 Å². The first-order chi connectivity index (χ1) is 22.8. The number of nitrogens with zero attached hydrogens (tertiary/aromatic N) is 3. The van der Waals surface area contributed by atoms with Gasteiger partial charge in [-0.25, -0.2) is 0 Å². The largest absolute Gasteiger partial charge is 0.344 e. The maximum atomic E-state index is 13.4. The molecule has 2 heterocycles. The molecular formula is C40H59N5O2. The number of hydrogen-bond donors (Lipinski definition) is 2. The van der Waals surface area contributed by atoms with E-state index in [1.807, 2.05) is 42.2 Å². The number of hydrogen-bond acceptors (Lipinski definition) is 5. The Labute approximate surface area is 284 Å². The fraction of sp³-hybridized carbons (Fsp3) is 0.500. The van der Waals surface area contributed by atoms with Gasteiger partial charge < -0.3 is 25.3 Å². The molecule has 0 saturated carbocycles. The lowest BCUT2D eigenvalue weighted by molar-refractivity contribution is -0.137. The maximum Gasteiger partial charge on any atom is 0.245 e. The summed E-state index contributed by atoms with van der Waals surface area (Å²) < 4.78 is 0. The van der Waals surface area contributed by atoms with E-state index >= 15 is 0 Å².